The minimum absolute atomic E-state index is 0.830. The molecule has 0 saturated carbocycles. The number of hydrogen-bond acceptors (Lipinski definition) is 1. The average Bonchev–Trinajstić information content (AvgIpc) is 2.59. The summed E-state index contributed by atoms with van der Waals surface area (Å²) >= 11 is 0. The zero-order chi connectivity index (χ0) is 11.5. The third-order valence-corrected chi connectivity index (χ3v) is 2.65. The largest absolute Gasteiger partial charge is 0.265 e. The summed E-state index contributed by atoms with van der Waals surface area (Å²) in [6.07, 6.45) is 1.85. The van der Waals surface area contributed by atoms with Crippen LogP contribution in [-0.4, -0.2) is 9.78 Å². The van der Waals surface area contributed by atoms with Crippen molar-refractivity contribution in [3.8, 4) is 0 Å². The van der Waals surface area contributed by atoms with E-state index in [0.29, 0.717) is 0 Å². The molecule has 0 atom stereocenters. The third-order valence-electron chi connectivity index (χ3n) is 2.65. The van der Waals surface area contributed by atoms with Crippen LogP contribution in [0.25, 0.3) is 6.08 Å². The number of nitrogens with zero attached hydrogens (tertiary/aromatic N) is 2. The highest BCUT2D eigenvalue weighted by molar-refractivity contribution is 5.47. The van der Waals surface area contributed by atoms with Crippen LogP contribution in [0.4, 0.5) is 0 Å². The van der Waals surface area contributed by atoms with Crippen molar-refractivity contribution >= 4 is 6.08 Å². The van der Waals surface area contributed by atoms with Crippen LogP contribution in [0.2, 0.25) is 0 Å². The normalized spacial score (nSPS) is 10.4. The van der Waals surface area contributed by atoms with E-state index in [2.05, 4.69) is 48.9 Å². The second kappa shape index (κ2) is 4.35. The third kappa shape index (κ3) is 2.22. The fourth-order valence-electron chi connectivity index (χ4n) is 1.77. The van der Waals surface area contributed by atoms with Gasteiger partial charge in [0.2, 0.25) is 0 Å². The van der Waals surface area contributed by atoms with Crippen LogP contribution < -0.4 is 0 Å². The Bertz CT molecular complexity index is 492. The predicted octanol–water partition coefficient (Wildman–Crippen LogP) is 3.19. The van der Waals surface area contributed by atoms with Gasteiger partial charge in [0.05, 0.1) is 12.2 Å². The van der Waals surface area contributed by atoms with Gasteiger partial charge in [0, 0.05) is 5.69 Å². The molecular weight excluding hydrogens is 196 g/mol. The maximum absolute atomic E-state index is 4.44. The molecule has 1 aromatic heterocycles. The molecule has 2 heteroatoms. The number of aromatic nitrogens is 2. The number of rotatable bonds is 3. The van der Waals surface area contributed by atoms with Crippen molar-refractivity contribution in [2.45, 2.75) is 20.4 Å². The van der Waals surface area contributed by atoms with Crippen molar-refractivity contribution in [3.63, 3.8) is 0 Å². The van der Waals surface area contributed by atoms with Crippen molar-refractivity contribution in [2.75, 3.05) is 0 Å². The molecule has 0 aliphatic rings. The molecule has 0 aliphatic carbocycles. The lowest BCUT2D eigenvalue weighted by molar-refractivity contribution is 0.659. The Kier molecular flexibility index (Phi) is 2.91. The number of aryl methyl sites for hydroxylation is 2. The maximum Gasteiger partial charge on any atom is 0.0662 e. The Labute approximate surface area is 96.2 Å². The first-order valence-corrected chi connectivity index (χ1v) is 5.41. The van der Waals surface area contributed by atoms with Crippen molar-refractivity contribution < 1.29 is 0 Å². The fraction of sp³-hybridized carbons (Fsp3) is 0.214. The molecule has 1 aromatic carbocycles. The molecular formula is C14H16N2. The van der Waals surface area contributed by atoms with E-state index >= 15 is 0 Å². The Morgan fingerprint density at radius 2 is 1.94 bits per heavy atom. The van der Waals surface area contributed by atoms with Gasteiger partial charge in [-0.25, -0.2) is 0 Å². The smallest absolute Gasteiger partial charge is 0.0662 e. The first-order chi connectivity index (χ1) is 7.69. The summed E-state index contributed by atoms with van der Waals surface area (Å²) < 4.78 is 2.03. The second-order valence-corrected chi connectivity index (χ2v) is 4.03. The molecule has 0 amide bonds. The summed E-state index contributed by atoms with van der Waals surface area (Å²) in [5, 5.41) is 4.44. The molecule has 82 valence electrons. The zero-order valence-electron chi connectivity index (χ0n) is 9.77. The van der Waals surface area contributed by atoms with Crippen LogP contribution in [0.5, 0.6) is 0 Å². The first-order valence-electron chi connectivity index (χ1n) is 5.41. The van der Waals surface area contributed by atoms with E-state index in [1.54, 1.807) is 0 Å². The fourth-order valence-corrected chi connectivity index (χ4v) is 1.77. The maximum atomic E-state index is 4.44. The predicted molar refractivity (Wildman–Crippen MR) is 67.3 cm³/mol. The highest BCUT2D eigenvalue weighted by atomic mass is 15.3. The highest BCUT2D eigenvalue weighted by Gasteiger charge is 2.01. The SMILES string of the molecule is C=Cc1ccc(Cn2nc(C)cc2C)cc1. The van der Waals surface area contributed by atoms with Crippen LogP contribution in [0, 0.1) is 13.8 Å². The van der Waals surface area contributed by atoms with Gasteiger partial charge in [0.25, 0.3) is 0 Å². The molecule has 0 N–H and O–H groups in total. The molecule has 0 fully saturated rings. The summed E-state index contributed by atoms with van der Waals surface area (Å²) in [6.45, 7) is 8.67. The van der Waals surface area contributed by atoms with E-state index in [4.69, 9.17) is 0 Å². The van der Waals surface area contributed by atoms with E-state index in [9.17, 15) is 0 Å². The van der Waals surface area contributed by atoms with Gasteiger partial charge in [-0.2, -0.15) is 5.10 Å². The molecule has 2 rings (SSSR count). The van der Waals surface area contributed by atoms with Gasteiger partial charge in [-0.1, -0.05) is 36.9 Å². The summed E-state index contributed by atoms with van der Waals surface area (Å²) in [5.41, 5.74) is 4.68. The Morgan fingerprint density at radius 1 is 1.25 bits per heavy atom. The Balaban J connectivity index is 2.20. The molecule has 0 radical (unpaired) electrons. The quantitative estimate of drug-likeness (QED) is 0.764. The number of benzene rings is 1. The molecule has 0 unspecified atom stereocenters. The van der Waals surface area contributed by atoms with Crippen molar-refractivity contribution in [1.29, 1.82) is 0 Å². The standard InChI is InChI=1S/C14H16N2/c1-4-13-5-7-14(8-6-13)10-16-12(3)9-11(2)15-16/h4-9H,1,10H2,2-3H3. The molecule has 0 bridgehead atoms. The molecule has 1 heterocycles. The molecule has 2 nitrogen and oxygen atoms in total. The first kappa shape index (κ1) is 10.7. The lowest BCUT2D eigenvalue weighted by Crippen LogP contribution is -2.03. The Morgan fingerprint density at radius 3 is 2.44 bits per heavy atom. The van der Waals surface area contributed by atoms with Crippen molar-refractivity contribution in [1.82, 2.24) is 9.78 Å². The molecule has 0 aliphatic heterocycles. The topological polar surface area (TPSA) is 17.8 Å². The van der Waals surface area contributed by atoms with Crippen LogP contribution in [0.15, 0.2) is 36.9 Å². The van der Waals surface area contributed by atoms with Gasteiger partial charge in [0.1, 0.15) is 0 Å². The molecule has 16 heavy (non-hydrogen) atoms. The van der Waals surface area contributed by atoms with E-state index in [0.717, 1.165) is 17.8 Å². The lowest BCUT2D eigenvalue weighted by atomic mass is 10.1. The minimum atomic E-state index is 0.830. The average molecular weight is 212 g/mol. The van der Waals surface area contributed by atoms with E-state index < -0.39 is 0 Å². The minimum Gasteiger partial charge on any atom is -0.265 e. The lowest BCUT2D eigenvalue weighted by Gasteiger charge is -2.04. The van der Waals surface area contributed by atoms with E-state index in [1.807, 2.05) is 17.7 Å². The highest BCUT2D eigenvalue weighted by Crippen LogP contribution is 2.09. The van der Waals surface area contributed by atoms with Crippen LogP contribution in [-0.2, 0) is 6.54 Å². The van der Waals surface area contributed by atoms with Crippen molar-refractivity contribution in [3.05, 3.63) is 59.4 Å². The summed E-state index contributed by atoms with van der Waals surface area (Å²) in [4.78, 5) is 0. The van der Waals surface area contributed by atoms with Gasteiger partial charge in [-0.15, -0.1) is 0 Å². The molecule has 0 saturated heterocycles. The monoisotopic (exact) mass is 212 g/mol. The summed E-state index contributed by atoms with van der Waals surface area (Å²) in [5.74, 6) is 0. The second-order valence-electron chi connectivity index (χ2n) is 4.03. The van der Waals surface area contributed by atoms with Gasteiger partial charge in [-0.05, 0) is 31.0 Å². The summed E-state index contributed by atoms with van der Waals surface area (Å²) in [7, 11) is 0. The van der Waals surface area contributed by atoms with E-state index in [-0.39, 0.29) is 0 Å². The van der Waals surface area contributed by atoms with Crippen LogP contribution in [0.3, 0.4) is 0 Å². The summed E-state index contributed by atoms with van der Waals surface area (Å²) in [6, 6.07) is 10.5. The van der Waals surface area contributed by atoms with Crippen LogP contribution in [0.1, 0.15) is 22.5 Å². The zero-order valence-corrected chi connectivity index (χ0v) is 9.77. The van der Waals surface area contributed by atoms with Crippen molar-refractivity contribution in [2.24, 2.45) is 0 Å². The molecule has 2 aromatic rings. The van der Waals surface area contributed by atoms with Gasteiger partial charge < -0.3 is 0 Å². The molecule has 0 spiro atoms. The Hall–Kier alpha value is -1.83. The van der Waals surface area contributed by atoms with Gasteiger partial charge in [-0.3, -0.25) is 4.68 Å². The van der Waals surface area contributed by atoms with E-state index in [1.165, 1.54) is 11.3 Å². The number of hydrogen-bond donors (Lipinski definition) is 0. The van der Waals surface area contributed by atoms with Gasteiger partial charge in [0.15, 0.2) is 0 Å². The van der Waals surface area contributed by atoms with Gasteiger partial charge >= 0.3 is 0 Å². The van der Waals surface area contributed by atoms with Crippen LogP contribution >= 0.6 is 0 Å².